The minimum Gasteiger partial charge on any atom is -0.468 e. The van der Waals surface area contributed by atoms with E-state index in [0.29, 0.717) is 22.0 Å². The number of halogens is 1. The Hall–Kier alpha value is -2.41. The Kier molecular flexibility index (Phi) is 2.68. The largest absolute Gasteiger partial charge is 0.468 e. The van der Waals surface area contributed by atoms with Crippen molar-refractivity contribution < 1.29 is 4.74 Å². The molecule has 0 spiro atoms. The summed E-state index contributed by atoms with van der Waals surface area (Å²) in [7, 11) is 0. The lowest BCUT2D eigenvalue weighted by atomic mass is 10.1. The summed E-state index contributed by atoms with van der Waals surface area (Å²) in [5.41, 5.74) is 2.19. The highest BCUT2D eigenvalue weighted by molar-refractivity contribution is 9.10. The van der Waals surface area contributed by atoms with E-state index >= 15 is 0 Å². The van der Waals surface area contributed by atoms with E-state index < -0.39 is 0 Å². The van der Waals surface area contributed by atoms with Crippen LogP contribution in [0.25, 0.3) is 16.8 Å². The fraction of sp³-hybridized carbons (Fsp3) is 0.0714. The highest BCUT2D eigenvalue weighted by Gasteiger charge is 2.23. The number of H-pyrrole nitrogens is 1. The fourth-order valence-corrected chi connectivity index (χ4v) is 2.86. The predicted molar refractivity (Wildman–Crippen MR) is 79.4 cm³/mol. The molecule has 0 amide bonds. The number of hydrogen-bond acceptors (Lipinski definition) is 4. The average Bonchev–Trinajstić information content (AvgIpc) is 2.89. The second-order valence-electron chi connectivity index (χ2n) is 4.59. The zero-order valence-electron chi connectivity index (χ0n) is 10.7. The molecule has 1 aliphatic heterocycles. The van der Waals surface area contributed by atoms with Crippen LogP contribution >= 0.6 is 15.9 Å². The maximum Gasteiger partial charge on any atom is 0.348 e. The van der Waals surface area contributed by atoms with Gasteiger partial charge in [0.25, 0.3) is 0 Å². The number of benzene rings is 1. The molecule has 0 fully saturated rings. The number of nitrogens with one attached hydrogen (secondary N) is 1. The summed E-state index contributed by atoms with van der Waals surface area (Å²) in [6.07, 6.45) is 0. The van der Waals surface area contributed by atoms with Gasteiger partial charge in [-0.15, -0.1) is 0 Å². The first-order valence-electron chi connectivity index (χ1n) is 6.29. The smallest absolute Gasteiger partial charge is 0.348 e. The van der Waals surface area contributed by atoms with Crippen LogP contribution in [0.2, 0.25) is 0 Å². The zero-order valence-corrected chi connectivity index (χ0v) is 12.3. The number of fused-ring (bicyclic) bond motifs is 3. The predicted octanol–water partition coefficient (Wildman–Crippen LogP) is 2.28. The normalized spacial score (nSPS) is 12.4. The van der Waals surface area contributed by atoms with Crippen LogP contribution in [0.15, 0.2) is 45.8 Å². The van der Waals surface area contributed by atoms with E-state index in [9.17, 15) is 4.79 Å². The van der Waals surface area contributed by atoms with Crippen molar-refractivity contribution in [2.75, 3.05) is 0 Å². The summed E-state index contributed by atoms with van der Waals surface area (Å²) in [6.45, 7) is 0.218. The van der Waals surface area contributed by atoms with Crippen LogP contribution in [0, 0.1) is 0 Å². The molecule has 1 aromatic carbocycles. The standard InChI is InChI=1S/C14H9BrN4O2/c15-12-9(8-4-2-1-3-5-8)6-10-13(16-12)21-7-11-17-18-14(20)19(10)11/h1-6H,7H2,(H,18,20). The zero-order chi connectivity index (χ0) is 14.4. The molecule has 0 aliphatic carbocycles. The van der Waals surface area contributed by atoms with Crippen LogP contribution in [0.5, 0.6) is 5.88 Å². The van der Waals surface area contributed by atoms with Crippen LogP contribution in [0.3, 0.4) is 0 Å². The highest BCUT2D eigenvalue weighted by atomic mass is 79.9. The lowest BCUT2D eigenvalue weighted by Gasteiger charge is -2.18. The van der Waals surface area contributed by atoms with Gasteiger partial charge in [-0.25, -0.2) is 19.4 Å². The number of aromatic amines is 1. The molecule has 0 bridgehead atoms. The minimum absolute atomic E-state index is 0.218. The number of rotatable bonds is 1. The van der Waals surface area contributed by atoms with Crippen molar-refractivity contribution in [3.05, 3.63) is 57.3 Å². The lowest BCUT2D eigenvalue weighted by Crippen LogP contribution is -2.23. The van der Waals surface area contributed by atoms with Crippen molar-refractivity contribution in [1.29, 1.82) is 0 Å². The molecule has 0 atom stereocenters. The van der Waals surface area contributed by atoms with Gasteiger partial charge in [-0.3, -0.25) is 0 Å². The van der Waals surface area contributed by atoms with Gasteiger partial charge in [0.05, 0.1) is 0 Å². The molecule has 3 heterocycles. The Bertz CT molecular complexity index is 886. The van der Waals surface area contributed by atoms with E-state index in [1.165, 1.54) is 4.57 Å². The second-order valence-corrected chi connectivity index (χ2v) is 5.34. The third-order valence-corrected chi connectivity index (χ3v) is 3.93. The number of aromatic nitrogens is 4. The van der Waals surface area contributed by atoms with Crippen LogP contribution in [-0.2, 0) is 6.61 Å². The third-order valence-electron chi connectivity index (χ3n) is 3.33. The quantitative estimate of drug-likeness (QED) is 0.687. The monoisotopic (exact) mass is 344 g/mol. The van der Waals surface area contributed by atoms with Gasteiger partial charge in [-0.05, 0) is 27.6 Å². The van der Waals surface area contributed by atoms with Gasteiger partial charge in [0.1, 0.15) is 10.3 Å². The van der Waals surface area contributed by atoms with Gasteiger partial charge in [0.2, 0.25) is 5.88 Å². The lowest BCUT2D eigenvalue weighted by molar-refractivity contribution is 0.266. The summed E-state index contributed by atoms with van der Waals surface area (Å²) in [4.78, 5) is 16.3. The van der Waals surface area contributed by atoms with Crippen molar-refractivity contribution in [1.82, 2.24) is 19.7 Å². The van der Waals surface area contributed by atoms with E-state index in [2.05, 4.69) is 31.1 Å². The van der Waals surface area contributed by atoms with E-state index in [4.69, 9.17) is 4.74 Å². The molecule has 0 radical (unpaired) electrons. The minimum atomic E-state index is -0.294. The number of nitrogens with zero attached hydrogens (tertiary/aromatic N) is 3. The molecule has 21 heavy (non-hydrogen) atoms. The van der Waals surface area contributed by atoms with Crippen LogP contribution in [-0.4, -0.2) is 19.7 Å². The van der Waals surface area contributed by atoms with Gasteiger partial charge in [-0.1, -0.05) is 30.3 Å². The summed E-state index contributed by atoms with van der Waals surface area (Å²) in [5, 5.41) is 6.37. The van der Waals surface area contributed by atoms with Gasteiger partial charge in [-0.2, -0.15) is 5.10 Å². The summed E-state index contributed by atoms with van der Waals surface area (Å²) < 4.78 is 7.72. The van der Waals surface area contributed by atoms with E-state index in [0.717, 1.165) is 11.1 Å². The molecule has 4 rings (SSSR count). The summed E-state index contributed by atoms with van der Waals surface area (Å²) in [5.74, 6) is 0.952. The Labute approximate surface area is 127 Å². The van der Waals surface area contributed by atoms with Crippen molar-refractivity contribution in [3.63, 3.8) is 0 Å². The molecule has 0 unspecified atom stereocenters. The summed E-state index contributed by atoms with van der Waals surface area (Å²) >= 11 is 3.46. The third kappa shape index (κ3) is 1.89. The van der Waals surface area contributed by atoms with E-state index in [1.807, 2.05) is 36.4 Å². The first kappa shape index (κ1) is 12.3. The molecular formula is C14H9BrN4O2. The van der Waals surface area contributed by atoms with Crippen molar-refractivity contribution in [3.8, 4) is 22.7 Å². The molecular weight excluding hydrogens is 336 g/mol. The molecule has 1 aliphatic rings. The van der Waals surface area contributed by atoms with Crippen molar-refractivity contribution in [2.24, 2.45) is 0 Å². The summed E-state index contributed by atoms with van der Waals surface area (Å²) in [6, 6.07) is 11.7. The van der Waals surface area contributed by atoms with E-state index in [1.54, 1.807) is 0 Å². The molecule has 0 saturated carbocycles. The molecule has 0 saturated heterocycles. The fourth-order valence-electron chi connectivity index (χ4n) is 2.36. The Morgan fingerprint density at radius 1 is 1.29 bits per heavy atom. The van der Waals surface area contributed by atoms with Gasteiger partial charge < -0.3 is 4.74 Å². The Morgan fingerprint density at radius 3 is 2.90 bits per heavy atom. The average molecular weight is 345 g/mol. The SMILES string of the molecule is O=c1[nH]nc2n1-c1cc(-c3ccccc3)c(Br)nc1OC2. The molecule has 3 aromatic rings. The molecule has 2 aromatic heterocycles. The molecule has 104 valence electrons. The van der Waals surface area contributed by atoms with Crippen LogP contribution in [0.1, 0.15) is 5.82 Å². The van der Waals surface area contributed by atoms with Gasteiger partial charge >= 0.3 is 5.69 Å². The maximum absolute atomic E-state index is 11.9. The first-order valence-corrected chi connectivity index (χ1v) is 7.09. The van der Waals surface area contributed by atoms with Crippen LogP contribution in [0.4, 0.5) is 0 Å². The maximum atomic E-state index is 11.9. The molecule has 7 heteroatoms. The number of pyridine rings is 1. The van der Waals surface area contributed by atoms with Gasteiger partial charge in [0, 0.05) is 5.56 Å². The Balaban J connectivity index is 1.99. The van der Waals surface area contributed by atoms with Gasteiger partial charge in [0.15, 0.2) is 12.4 Å². The Morgan fingerprint density at radius 2 is 2.10 bits per heavy atom. The second kappa shape index (κ2) is 4.56. The number of hydrogen-bond donors (Lipinski definition) is 1. The first-order chi connectivity index (χ1) is 10.2. The topological polar surface area (TPSA) is 72.8 Å². The molecule has 6 nitrogen and oxygen atoms in total. The number of ether oxygens (including phenoxy) is 1. The van der Waals surface area contributed by atoms with Crippen molar-refractivity contribution >= 4 is 15.9 Å². The molecule has 1 N–H and O–H groups in total. The highest BCUT2D eigenvalue weighted by Crippen LogP contribution is 2.35. The van der Waals surface area contributed by atoms with Crippen molar-refractivity contribution in [2.45, 2.75) is 6.61 Å². The van der Waals surface area contributed by atoms with Crippen LogP contribution < -0.4 is 10.4 Å². The van der Waals surface area contributed by atoms with E-state index in [-0.39, 0.29) is 12.3 Å².